The number of hydrogen-bond donors (Lipinski definition) is 1. The third kappa shape index (κ3) is 6.98. The van der Waals surface area contributed by atoms with Gasteiger partial charge in [0.25, 0.3) is 5.91 Å². The van der Waals surface area contributed by atoms with Crippen LogP contribution in [-0.4, -0.2) is 30.8 Å². The fraction of sp³-hybridized carbons (Fsp3) is 0.222. The summed E-state index contributed by atoms with van der Waals surface area (Å²) in [5.41, 5.74) is 0.140. The first-order valence-electron chi connectivity index (χ1n) is 7.63. The normalized spacial score (nSPS) is 10.3. The molecule has 0 atom stereocenters. The highest BCUT2D eigenvalue weighted by Crippen LogP contribution is 2.21. The van der Waals surface area contributed by atoms with E-state index in [4.69, 9.17) is 27.9 Å². The molecule has 0 unspecified atom stereocenters. The number of rotatable bonds is 8. The second kappa shape index (κ2) is 10.3. The van der Waals surface area contributed by atoms with Gasteiger partial charge in [0, 0.05) is 16.5 Å². The van der Waals surface area contributed by atoms with E-state index in [1.54, 1.807) is 17.8 Å². The SMILES string of the molecule is O=C(COC(=O)c1cc(Cl)ccc1Cl)NCCCSc1ccccc1. The number of halogens is 2. The van der Waals surface area contributed by atoms with Crippen LogP contribution in [-0.2, 0) is 9.53 Å². The van der Waals surface area contributed by atoms with Crippen LogP contribution in [0, 0.1) is 0 Å². The summed E-state index contributed by atoms with van der Waals surface area (Å²) in [7, 11) is 0. The zero-order valence-electron chi connectivity index (χ0n) is 13.3. The maximum absolute atomic E-state index is 11.9. The molecule has 0 heterocycles. The van der Waals surface area contributed by atoms with Crippen LogP contribution in [0.15, 0.2) is 53.4 Å². The summed E-state index contributed by atoms with van der Waals surface area (Å²) in [5.74, 6) is -0.138. The Hall–Kier alpha value is -1.69. The van der Waals surface area contributed by atoms with Gasteiger partial charge in [-0.05, 0) is 42.5 Å². The number of benzene rings is 2. The Morgan fingerprint density at radius 2 is 1.84 bits per heavy atom. The Morgan fingerprint density at radius 3 is 2.60 bits per heavy atom. The van der Waals surface area contributed by atoms with Crippen molar-refractivity contribution in [2.45, 2.75) is 11.3 Å². The molecule has 7 heteroatoms. The minimum absolute atomic E-state index is 0.140. The summed E-state index contributed by atoms with van der Waals surface area (Å²) in [6, 6.07) is 14.5. The van der Waals surface area contributed by atoms with Crippen LogP contribution in [0.3, 0.4) is 0 Å². The molecule has 25 heavy (non-hydrogen) atoms. The van der Waals surface area contributed by atoms with E-state index in [0.717, 1.165) is 12.2 Å². The standard InChI is InChI=1S/C18H17Cl2NO3S/c19-13-7-8-16(20)15(11-13)18(23)24-12-17(22)21-9-4-10-25-14-5-2-1-3-6-14/h1-3,5-8,11H,4,9-10,12H2,(H,21,22). The summed E-state index contributed by atoms with van der Waals surface area (Å²) in [5, 5.41) is 3.31. The predicted octanol–water partition coefficient (Wildman–Crippen LogP) is 4.45. The van der Waals surface area contributed by atoms with Crippen molar-refractivity contribution in [3.05, 3.63) is 64.1 Å². The van der Waals surface area contributed by atoms with E-state index in [1.807, 2.05) is 30.3 Å². The Balaban J connectivity index is 1.63. The number of hydrogen-bond acceptors (Lipinski definition) is 4. The fourth-order valence-corrected chi connectivity index (χ4v) is 3.16. The molecule has 0 spiro atoms. The summed E-state index contributed by atoms with van der Waals surface area (Å²) in [6.45, 7) is 0.168. The van der Waals surface area contributed by atoms with E-state index in [0.29, 0.717) is 11.6 Å². The van der Waals surface area contributed by atoms with E-state index >= 15 is 0 Å². The molecule has 2 aromatic rings. The lowest BCUT2D eigenvalue weighted by molar-refractivity contribution is -0.124. The Morgan fingerprint density at radius 1 is 1.08 bits per heavy atom. The van der Waals surface area contributed by atoms with Gasteiger partial charge in [0.05, 0.1) is 10.6 Å². The number of esters is 1. The first-order chi connectivity index (χ1) is 12.1. The van der Waals surface area contributed by atoms with Crippen LogP contribution in [0.1, 0.15) is 16.8 Å². The van der Waals surface area contributed by atoms with Crippen molar-refractivity contribution in [1.29, 1.82) is 0 Å². The highest BCUT2D eigenvalue weighted by Gasteiger charge is 2.14. The van der Waals surface area contributed by atoms with E-state index in [-0.39, 0.29) is 23.1 Å². The van der Waals surface area contributed by atoms with Crippen LogP contribution >= 0.6 is 35.0 Å². The number of carbonyl (C=O) groups excluding carboxylic acids is 2. The first kappa shape index (κ1) is 19.6. The average molecular weight is 398 g/mol. The molecule has 2 aromatic carbocycles. The van der Waals surface area contributed by atoms with Gasteiger partial charge in [0.1, 0.15) is 0 Å². The second-order valence-corrected chi connectivity index (χ2v) is 7.08. The van der Waals surface area contributed by atoms with Crippen LogP contribution in [0.2, 0.25) is 10.0 Å². The molecular formula is C18H17Cl2NO3S. The zero-order chi connectivity index (χ0) is 18.1. The number of carbonyl (C=O) groups is 2. The number of thioether (sulfide) groups is 1. The van der Waals surface area contributed by atoms with E-state index in [9.17, 15) is 9.59 Å². The molecule has 0 saturated heterocycles. The van der Waals surface area contributed by atoms with Gasteiger partial charge in [-0.15, -0.1) is 11.8 Å². The number of amides is 1. The molecule has 0 saturated carbocycles. The van der Waals surface area contributed by atoms with Crippen molar-refractivity contribution in [3.63, 3.8) is 0 Å². The number of nitrogens with one attached hydrogen (secondary N) is 1. The van der Waals surface area contributed by atoms with Gasteiger partial charge >= 0.3 is 5.97 Å². The van der Waals surface area contributed by atoms with Gasteiger partial charge < -0.3 is 10.1 Å². The van der Waals surface area contributed by atoms with Crippen molar-refractivity contribution in [2.24, 2.45) is 0 Å². The largest absolute Gasteiger partial charge is 0.452 e. The molecule has 0 bridgehead atoms. The highest BCUT2D eigenvalue weighted by molar-refractivity contribution is 7.99. The predicted molar refractivity (Wildman–Crippen MR) is 102 cm³/mol. The van der Waals surface area contributed by atoms with Crippen molar-refractivity contribution < 1.29 is 14.3 Å². The van der Waals surface area contributed by atoms with Crippen molar-refractivity contribution >= 4 is 46.8 Å². The van der Waals surface area contributed by atoms with Gasteiger partial charge in [-0.25, -0.2) is 4.79 Å². The Bertz CT molecular complexity index is 726. The van der Waals surface area contributed by atoms with Crippen LogP contribution in [0.25, 0.3) is 0 Å². The van der Waals surface area contributed by atoms with Gasteiger partial charge in [-0.3, -0.25) is 4.79 Å². The highest BCUT2D eigenvalue weighted by atomic mass is 35.5. The molecule has 1 N–H and O–H groups in total. The monoisotopic (exact) mass is 397 g/mol. The van der Waals surface area contributed by atoms with E-state index < -0.39 is 5.97 Å². The Kier molecular flexibility index (Phi) is 8.12. The molecule has 0 aliphatic heterocycles. The lowest BCUT2D eigenvalue weighted by Crippen LogP contribution is -2.29. The number of ether oxygens (including phenoxy) is 1. The van der Waals surface area contributed by atoms with Crippen LogP contribution in [0.5, 0.6) is 0 Å². The van der Waals surface area contributed by atoms with Crippen molar-refractivity contribution in [2.75, 3.05) is 18.9 Å². The third-order valence-corrected chi connectivity index (χ3v) is 4.80. The molecular weight excluding hydrogens is 381 g/mol. The first-order valence-corrected chi connectivity index (χ1v) is 9.37. The Labute approximate surface area is 160 Å². The summed E-state index contributed by atoms with van der Waals surface area (Å²) in [4.78, 5) is 24.8. The quantitative estimate of drug-likeness (QED) is 0.406. The van der Waals surface area contributed by atoms with E-state index in [1.165, 1.54) is 17.0 Å². The summed E-state index contributed by atoms with van der Waals surface area (Å²) < 4.78 is 4.95. The maximum Gasteiger partial charge on any atom is 0.340 e. The lowest BCUT2D eigenvalue weighted by Gasteiger charge is -2.08. The minimum Gasteiger partial charge on any atom is -0.452 e. The fourth-order valence-electron chi connectivity index (χ4n) is 1.92. The molecule has 0 radical (unpaired) electrons. The molecule has 0 aromatic heterocycles. The lowest BCUT2D eigenvalue weighted by atomic mass is 10.2. The summed E-state index contributed by atoms with van der Waals surface area (Å²) >= 11 is 13.5. The molecule has 0 aliphatic carbocycles. The minimum atomic E-state index is -0.678. The maximum atomic E-state index is 11.9. The molecule has 0 fully saturated rings. The van der Waals surface area contributed by atoms with Crippen LogP contribution in [0.4, 0.5) is 0 Å². The topological polar surface area (TPSA) is 55.4 Å². The second-order valence-electron chi connectivity index (χ2n) is 5.07. The van der Waals surface area contributed by atoms with Gasteiger partial charge in [0.15, 0.2) is 6.61 Å². The molecule has 4 nitrogen and oxygen atoms in total. The molecule has 132 valence electrons. The van der Waals surface area contributed by atoms with Crippen molar-refractivity contribution in [1.82, 2.24) is 5.32 Å². The van der Waals surface area contributed by atoms with Gasteiger partial charge in [-0.1, -0.05) is 41.4 Å². The average Bonchev–Trinajstić information content (AvgIpc) is 2.62. The van der Waals surface area contributed by atoms with Gasteiger partial charge in [-0.2, -0.15) is 0 Å². The van der Waals surface area contributed by atoms with Gasteiger partial charge in [0.2, 0.25) is 0 Å². The molecule has 2 rings (SSSR count). The third-order valence-electron chi connectivity index (χ3n) is 3.14. The van der Waals surface area contributed by atoms with Crippen molar-refractivity contribution in [3.8, 4) is 0 Å². The smallest absolute Gasteiger partial charge is 0.340 e. The zero-order valence-corrected chi connectivity index (χ0v) is 15.7. The van der Waals surface area contributed by atoms with Crippen LogP contribution < -0.4 is 5.32 Å². The summed E-state index contributed by atoms with van der Waals surface area (Å²) in [6.07, 6.45) is 0.819. The van der Waals surface area contributed by atoms with E-state index in [2.05, 4.69) is 5.32 Å². The molecule has 0 aliphatic rings. The molecule has 1 amide bonds.